The molecule has 0 aliphatic rings. The van der Waals surface area contributed by atoms with Crippen LogP contribution in [0.5, 0.6) is 0 Å². The third-order valence-electron chi connectivity index (χ3n) is 2.90. The molecule has 108 valence electrons. The summed E-state index contributed by atoms with van der Waals surface area (Å²) < 4.78 is 1.81. The van der Waals surface area contributed by atoms with Crippen molar-refractivity contribution in [1.29, 1.82) is 5.26 Å². The van der Waals surface area contributed by atoms with Crippen LogP contribution >= 0.6 is 0 Å². The van der Waals surface area contributed by atoms with E-state index in [9.17, 15) is 4.79 Å². The van der Waals surface area contributed by atoms with Crippen molar-refractivity contribution in [3.05, 3.63) is 17.7 Å². The van der Waals surface area contributed by atoms with E-state index in [1.54, 1.807) is 0 Å². The summed E-state index contributed by atoms with van der Waals surface area (Å²) in [5.41, 5.74) is 6.81. The lowest BCUT2D eigenvalue weighted by Crippen LogP contribution is -2.19. The van der Waals surface area contributed by atoms with Crippen molar-refractivity contribution in [3.8, 4) is 6.07 Å². The molecule has 0 radical (unpaired) electrons. The molecule has 0 aromatic carbocycles. The van der Waals surface area contributed by atoms with Gasteiger partial charge in [0.2, 0.25) is 0 Å². The Bertz CT molecular complexity index is 754. The van der Waals surface area contributed by atoms with E-state index in [4.69, 9.17) is 11.0 Å². The van der Waals surface area contributed by atoms with E-state index in [2.05, 4.69) is 20.3 Å². The van der Waals surface area contributed by atoms with Crippen LogP contribution in [0.15, 0.2) is 11.9 Å². The number of amides is 1. The zero-order valence-electron chi connectivity index (χ0n) is 11.8. The van der Waals surface area contributed by atoms with Crippen LogP contribution in [0.3, 0.4) is 0 Å². The standard InChI is InChI=1S/C13H15N7O/c1-3-4-20-9(5-8(6-14)13(21)16-2)19-10-11(15)17-7-18-12(10)20/h5,7H,3-4H2,1-2H3,(H,16,21)(H2,15,17,18)/b8-5+. The molecule has 0 atom stereocenters. The minimum Gasteiger partial charge on any atom is -0.382 e. The predicted molar refractivity (Wildman–Crippen MR) is 77.7 cm³/mol. The van der Waals surface area contributed by atoms with Crippen molar-refractivity contribution >= 4 is 29.0 Å². The highest BCUT2D eigenvalue weighted by molar-refractivity contribution is 6.01. The van der Waals surface area contributed by atoms with Crippen LogP contribution < -0.4 is 11.1 Å². The number of anilines is 1. The van der Waals surface area contributed by atoms with Gasteiger partial charge in [-0.05, 0) is 6.42 Å². The van der Waals surface area contributed by atoms with E-state index in [1.807, 2.05) is 17.6 Å². The molecule has 3 N–H and O–H groups in total. The molecule has 0 aliphatic carbocycles. The number of imidazole rings is 1. The first kappa shape index (κ1) is 14.5. The number of nitrogens with two attached hydrogens (primary N) is 1. The fourth-order valence-electron chi connectivity index (χ4n) is 1.94. The number of hydrogen-bond donors (Lipinski definition) is 2. The second-order valence-electron chi connectivity index (χ2n) is 4.30. The molecule has 0 saturated carbocycles. The molecule has 1 amide bonds. The highest BCUT2D eigenvalue weighted by Gasteiger charge is 2.15. The molecule has 2 heterocycles. The monoisotopic (exact) mass is 285 g/mol. The van der Waals surface area contributed by atoms with Gasteiger partial charge in [0, 0.05) is 19.7 Å². The first-order valence-corrected chi connectivity index (χ1v) is 6.43. The number of carbonyl (C=O) groups excluding carboxylic acids is 1. The van der Waals surface area contributed by atoms with Crippen LogP contribution in [0.4, 0.5) is 5.82 Å². The van der Waals surface area contributed by atoms with Crippen LogP contribution in [0, 0.1) is 11.3 Å². The smallest absolute Gasteiger partial charge is 0.261 e. The Balaban J connectivity index is 2.66. The Morgan fingerprint density at radius 2 is 2.33 bits per heavy atom. The number of aromatic nitrogens is 4. The number of hydrogen-bond acceptors (Lipinski definition) is 6. The molecule has 2 aromatic heterocycles. The summed E-state index contributed by atoms with van der Waals surface area (Å²) in [7, 11) is 1.46. The van der Waals surface area contributed by atoms with Gasteiger partial charge in [0.1, 0.15) is 23.8 Å². The van der Waals surface area contributed by atoms with Gasteiger partial charge in [-0.15, -0.1) is 0 Å². The van der Waals surface area contributed by atoms with Gasteiger partial charge < -0.3 is 15.6 Å². The first-order valence-electron chi connectivity index (χ1n) is 6.43. The number of carbonyl (C=O) groups is 1. The highest BCUT2D eigenvalue weighted by Crippen LogP contribution is 2.20. The van der Waals surface area contributed by atoms with E-state index in [0.29, 0.717) is 23.5 Å². The summed E-state index contributed by atoms with van der Waals surface area (Å²) in [4.78, 5) is 24.0. The number of rotatable bonds is 4. The minimum absolute atomic E-state index is 0.0308. The maximum Gasteiger partial charge on any atom is 0.261 e. The molecule has 0 saturated heterocycles. The average Bonchev–Trinajstić information content (AvgIpc) is 2.84. The molecular formula is C13H15N7O. The Morgan fingerprint density at radius 1 is 1.57 bits per heavy atom. The zero-order chi connectivity index (χ0) is 15.4. The van der Waals surface area contributed by atoms with Gasteiger partial charge in [0.05, 0.1) is 0 Å². The quantitative estimate of drug-likeness (QED) is 0.622. The van der Waals surface area contributed by atoms with Gasteiger partial charge in [-0.3, -0.25) is 4.79 Å². The van der Waals surface area contributed by atoms with Crippen LogP contribution in [-0.4, -0.2) is 32.5 Å². The fourth-order valence-corrected chi connectivity index (χ4v) is 1.94. The maximum absolute atomic E-state index is 11.6. The molecular weight excluding hydrogens is 270 g/mol. The van der Waals surface area contributed by atoms with Crippen molar-refractivity contribution in [2.24, 2.45) is 0 Å². The second kappa shape index (κ2) is 6.00. The van der Waals surface area contributed by atoms with Crippen molar-refractivity contribution in [1.82, 2.24) is 24.8 Å². The molecule has 2 rings (SSSR count). The summed E-state index contributed by atoms with van der Waals surface area (Å²) in [5.74, 6) is 0.258. The number of nitrogens with one attached hydrogen (secondary N) is 1. The molecule has 0 fully saturated rings. The van der Waals surface area contributed by atoms with E-state index in [0.717, 1.165) is 6.42 Å². The molecule has 8 nitrogen and oxygen atoms in total. The Hall–Kier alpha value is -2.95. The van der Waals surface area contributed by atoms with Gasteiger partial charge in [0.15, 0.2) is 17.0 Å². The number of likely N-dealkylation sites (N-methyl/N-ethyl adjacent to an activating group) is 1. The predicted octanol–water partition coefficient (Wildman–Crippen LogP) is 0.471. The largest absolute Gasteiger partial charge is 0.382 e. The molecule has 0 spiro atoms. The van der Waals surface area contributed by atoms with Crippen LogP contribution in [0.2, 0.25) is 0 Å². The minimum atomic E-state index is -0.466. The van der Waals surface area contributed by atoms with Crippen molar-refractivity contribution in [2.45, 2.75) is 19.9 Å². The number of nitrogen functional groups attached to an aromatic ring is 1. The maximum atomic E-state index is 11.6. The first-order chi connectivity index (χ1) is 10.1. The van der Waals surface area contributed by atoms with E-state index in [1.165, 1.54) is 19.5 Å². The lowest BCUT2D eigenvalue weighted by Gasteiger charge is -2.04. The van der Waals surface area contributed by atoms with Gasteiger partial charge in [-0.2, -0.15) is 5.26 Å². The Kier molecular flexibility index (Phi) is 4.13. The third kappa shape index (κ3) is 2.67. The number of nitriles is 1. The number of aryl methyl sites for hydroxylation is 1. The molecule has 0 unspecified atom stereocenters. The summed E-state index contributed by atoms with van der Waals surface area (Å²) in [5, 5.41) is 11.5. The van der Waals surface area contributed by atoms with E-state index < -0.39 is 5.91 Å². The summed E-state index contributed by atoms with van der Waals surface area (Å²) in [6.07, 6.45) is 3.64. The molecule has 0 aliphatic heterocycles. The molecule has 8 heteroatoms. The van der Waals surface area contributed by atoms with Gasteiger partial charge in [-0.1, -0.05) is 6.92 Å². The van der Waals surface area contributed by atoms with Crippen molar-refractivity contribution < 1.29 is 4.79 Å². The number of nitrogens with zero attached hydrogens (tertiary/aromatic N) is 5. The zero-order valence-corrected chi connectivity index (χ0v) is 11.8. The lowest BCUT2D eigenvalue weighted by atomic mass is 10.2. The Morgan fingerprint density at radius 3 is 2.95 bits per heavy atom. The number of fused-ring (bicyclic) bond motifs is 1. The van der Waals surface area contributed by atoms with Crippen LogP contribution in [-0.2, 0) is 11.3 Å². The van der Waals surface area contributed by atoms with E-state index in [-0.39, 0.29) is 11.4 Å². The summed E-state index contributed by atoms with van der Waals surface area (Å²) in [6.45, 7) is 2.65. The van der Waals surface area contributed by atoms with E-state index >= 15 is 0 Å². The van der Waals surface area contributed by atoms with Gasteiger partial charge in [0.25, 0.3) is 5.91 Å². The second-order valence-corrected chi connectivity index (χ2v) is 4.30. The molecule has 2 aromatic rings. The van der Waals surface area contributed by atoms with Crippen LogP contribution in [0.1, 0.15) is 19.2 Å². The molecule has 21 heavy (non-hydrogen) atoms. The average molecular weight is 285 g/mol. The SMILES string of the molecule is CCCn1c(/C=C(\C#N)C(=O)NC)nc2c(N)ncnc21. The van der Waals surface area contributed by atoms with Gasteiger partial charge in [-0.25, -0.2) is 15.0 Å². The van der Waals surface area contributed by atoms with Crippen LogP contribution in [0.25, 0.3) is 17.2 Å². The highest BCUT2D eigenvalue weighted by atomic mass is 16.1. The lowest BCUT2D eigenvalue weighted by molar-refractivity contribution is -0.116. The fraction of sp³-hybridized carbons (Fsp3) is 0.308. The normalized spacial score (nSPS) is 11.4. The topological polar surface area (TPSA) is 123 Å². The third-order valence-corrected chi connectivity index (χ3v) is 2.90. The summed E-state index contributed by atoms with van der Waals surface area (Å²) in [6, 6.07) is 1.86. The summed E-state index contributed by atoms with van der Waals surface area (Å²) >= 11 is 0. The van der Waals surface area contributed by atoms with Crippen molar-refractivity contribution in [2.75, 3.05) is 12.8 Å². The Labute approximate surface area is 121 Å². The van der Waals surface area contributed by atoms with Gasteiger partial charge >= 0.3 is 0 Å². The van der Waals surface area contributed by atoms with Crippen molar-refractivity contribution in [3.63, 3.8) is 0 Å². The molecule has 0 bridgehead atoms.